The highest BCUT2D eigenvalue weighted by Gasteiger charge is 2.47. The minimum absolute atomic E-state index is 0.0402. The van der Waals surface area contributed by atoms with E-state index < -0.39 is 17.5 Å². The van der Waals surface area contributed by atoms with Gasteiger partial charge in [0.15, 0.2) is 5.72 Å². The van der Waals surface area contributed by atoms with Crippen LogP contribution in [-0.2, 0) is 6.54 Å². The van der Waals surface area contributed by atoms with Crippen LogP contribution < -0.4 is 0 Å². The number of allylic oxidation sites excluding steroid dienone is 3. The Morgan fingerprint density at radius 1 is 1.58 bits per heavy atom. The molecule has 1 aliphatic heterocycles. The molecule has 1 aromatic heterocycles. The largest absolute Gasteiger partial charge is 0.416 e. The van der Waals surface area contributed by atoms with Gasteiger partial charge in [-0.2, -0.15) is 13.2 Å². The Kier molecular flexibility index (Phi) is 6.55. The first-order chi connectivity index (χ1) is 12.1. The van der Waals surface area contributed by atoms with Gasteiger partial charge in [-0.1, -0.05) is 54.3 Å². The van der Waals surface area contributed by atoms with Gasteiger partial charge >= 0.3 is 6.18 Å². The Bertz CT molecular complexity index is 765. The average Bonchev–Trinajstić information content (AvgIpc) is 2.84. The number of rotatable bonds is 5. The minimum atomic E-state index is -4.58. The molecule has 1 atom stereocenters. The molecule has 0 saturated carbocycles. The zero-order valence-electron chi connectivity index (χ0n) is 13.8. The maximum Gasteiger partial charge on any atom is 0.416 e. The summed E-state index contributed by atoms with van der Waals surface area (Å²) in [6, 6.07) is 3.50. The van der Waals surface area contributed by atoms with Crippen LogP contribution in [0.15, 0.2) is 59.4 Å². The fraction of sp³-hybridized carbons (Fsp3) is 0.294. The Balaban J connectivity index is 2.48. The van der Waals surface area contributed by atoms with E-state index in [2.05, 4.69) is 11.6 Å². The second-order valence-corrected chi connectivity index (χ2v) is 7.59. The summed E-state index contributed by atoms with van der Waals surface area (Å²) < 4.78 is 39.8. The van der Waals surface area contributed by atoms with Crippen molar-refractivity contribution in [1.29, 1.82) is 0 Å². The highest BCUT2D eigenvalue weighted by Crippen LogP contribution is 2.42. The number of hydrogen-bond acceptors (Lipinski definition) is 4. The molecular weight excluding hydrogens is 405 g/mol. The summed E-state index contributed by atoms with van der Waals surface area (Å²) >= 11 is 12.4. The molecule has 0 spiro atoms. The number of alkyl halides is 3. The van der Waals surface area contributed by atoms with Crippen LogP contribution in [0, 0.1) is 0 Å². The van der Waals surface area contributed by atoms with Gasteiger partial charge in [0.05, 0.1) is 11.3 Å². The molecule has 1 fully saturated rings. The molecule has 26 heavy (non-hydrogen) atoms. The van der Waals surface area contributed by atoms with E-state index in [9.17, 15) is 18.3 Å². The van der Waals surface area contributed by atoms with Crippen LogP contribution in [0.25, 0.3) is 0 Å². The Labute approximate surface area is 164 Å². The molecule has 1 aromatic rings. The number of thiocarbonyl (C=S) groups is 1. The van der Waals surface area contributed by atoms with Crippen LogP contribution in [0.5, 0.6) is 0 Å². The highest BCUT2D eigenvalue weighted by atomic mass is 35.5. The third-order valence-corrected chi connectivity index (χ3v) is 5.58. The van der Waals surface area contributed by atoms with E-state index in [1.54, 1.807) is 24.5 Å². The van der Waals surface area contributed by atoms with Crippen LogP contribution in [0.4, 0.5) is 13.2 Å². The number of thioether (sulfide) groups is 1. The van der Waals surface area contributed by atoms with Crippen LogP contribution in [-0.4, -0.2) is 37.0 Å². The summed E-state index contributed by atoms with van der Waals surface area (Å²) in [7, 11) is 0. The molecule has 0 amide bonds. The lowest BCUT2D eigenvalue weighted by atomic mass is 9.99. The van der Waals surface area contributed by atoms with Crippen molar-refractivity contribution in [3.8, 4) is 0 Å². The van der Waals surface area contributed by atoms with Crippen molar-refractivity contribution in [3.05, 3.63) is 65.0 Å². The van der Waals surface area contributed by atoms with Crippen LogP contribution in [0.1, 0.15) is 12.5 Å². The van der Waals surface area contributed by atoms with Crippen LogP contribution in [0.3, 0.4) is 0 Å². The Hall–Kier alpha value is -1.35. The number of halogens is 4. The molecule has 3 nitrogen and oxygen atoms in total. The SMILES string of the molecule is C=C(Cl)/C(=C\C(=C/C)C(F)(F)F)C1(O)CSC(=S)N1Cc1cccnc1. The van der Waals surface area contributed by atoms with E-state index in [0.717, 1.165) is 17.7 Å². The van der Waals surface area contributed by atoms with Gasteiger partial charge in [-0.3, -0.25) is 4.98 Å². The Morgan fingerprint density at radius 2 is 2.27 bits per heavy atom. The molecule has 1 aliphatic rings. The van der Waals surface area contributed by atoms with Crippen LogP contribution in [0.2, 0.25) is 0 Å². The van der Waals surface area contributed by atoms with Gasteiger partial charge in [0.1, 0.15) is 4.32 Å². The molecule has 1 unspecified atom stereocenters. The summed E-state index contributed by atoms with van der Waals surface area (Å²) in [5.74, 6) is 0.0402. The average molecular weight is 421 g/mol. The van der Waals surface area contributed by atoms with Gasteiger partial charge in [-0.05, 0) is 24.6 Å². The lowest BCUT2D eigenvalue weighted by Crippen LogP contribution is -2.48. The smallest absolute Gasteiger partial charge is 0.366 e. The zero-order chi connectivity index (χ0) is 19.5. The van der Waals surface area contributed by atoms with Crippen molar-refractivity contribution in [2.24, 2.45) is 0 Å². The van der Waals surface area contributed by atoms with Crippen molar-refractivity contribution in [3.63, 3.8) is 0 Å². The van der Waals surface area contributed by atoms with Gasteiger partial charge in [0, 0.05) is 29.5 Å². The van der Waals surface area contributed by atoms with E-state index >= 15 is 0 Å². The summed E-state index contributed by atoms with van der Waals surface area (Å²) in [4.78, 5) is 5.44. The number of aliphatic hydroxyl groups is 1. The molecule has 1 N–H and O–H groups in total. The van der Waals surface area contributed by atoms with E-state index in [4.69, 9.17) is 23.8 Å². The van der Waals surface area contributed by atoms with E-state index in [1.807, 2.05) is 0 Å². The monoisotopic (exact) mass is 420 g/mol. The Morgan fingerprint density at radius 3 is 2.77 bits per heavy atom. The first kappa shape index (κ1) is 21.0. The number of nitrogens with zero attached hydrogens (tertiary/aromatic N) is 2. The molecule has 2 rings (SSSR count). The second kappa shape index (κ2) is 8.12. The molecule has 0 bridgehead atoms. The van der Waals surface area contributed by atoms with Crippen molar-refractivity contribution in [1.82, 2.24) is 9.88 Å². The van der Waals surface area contributed by atoms with Gasteiger partial charge in [-0.15, -0.1) is 0 Å². The summed E-state index contributed by atoms with van der Waals surface area (Å²) in [6.45, 7) is 4.97. The van der Waals surface area contributed by atoms with Crippen molar-refractivity contribution in [2.45, 2.75) is 25.4 Å². The minimum Gasteiger partial charge on any atom is -0.366 e. The lowest BCUT2D eigenvalue weighted by molar-refractivity contribution is -0.0886. The molecule has 1 saturated heterocycles. The van der Waals surface area contributed by atoms with Gasteiger partial charge in [-0.25, -0.2) is 0 Å². The third-order valence-electron chi connectivity index (χ3n) is 3.79. The van der Waals surface area contributed by atoms with E-state index in [-0.39, 0.29) is 22.9 Å². The first-order valence-corrected chi connectivity index (χ1v) is 9.23. The zero-order valence-corrected chi connectivity index (χ0v) is 16.1. The predicted octanol–water partition coefficient (Wildman–Crippen LogP) is 4.79. The van der Waals surface area contributed by atoms with Crippen molar-refractivity contribution in [2.75, 3.05) is 5.75 Å². The molecule has 0 aromatic carbocycles. The van der Waals surface area contributed by atoms with Crippen LogP contribution >= 0.6 is 35.6 Å². The van der Waals surface area contributed by atoms with E-state index in [1.165, 1.54) is 23.6 Å². The number of aromatic nitrogens is 1. The molecule has 140 valence electrons. The second-order valence-electron chi connectivity index (χ2n) is 5.52. The topological polar surface area (TPSA) is 36.4 Å². The fourth-order valence-electron chi connectivity index (χ4n) is 2.46. The summed E-state index contributed by atoms with van der Waals surface area (Å²) in [5, 5.41) is 11.0. The summed E-state index contributed by atoms with van der Waals surface area (Å²) in [6.07, 6.45) is 0.344. The molecule has 9 heteroatoms. The van der Waals surface area contributed by atoms with E-state index in [0.29, 0.717) is 4.32 Å². The third kappa shape index (κ3) is 4.49. The normalized spacial score (nSPS) is 22.1. The van der Waals surface area contributed by atoms with Gasteiger partial charge in [0.25, 0.3) is 0 Å². The van der Waals surface area contributed by atoms with Gasteiger partial charge in [0.2, 0.25) is 0 Å². The summed E-state index contributed by atoms with van der Waals surface area (Å²) in [5.41, 5.74) is -2.12. The standard InChI is InChI=1S/C17H16ClF3N2OS2/c1-3-13(17(19,20)21)7-14(11(2)18)16(24)10-26-15(25)23(16)9-12-5-4-6-22-8-12/h3-8,24H,2,9-10H2,1H3/b13-3+,14-7+. The number of pyridine rings is 1. The first-order valence-electron chi connectivity index (χ1n) is 7.45. The fourth-order valence-corrected chi connectivity index (χ4v) is 4.06. The molecule has 0 radical (unpaired) electrons. The van der Waals surface area contributed by atoms with Crippen molar-refractivity contribution < 1.29 is 18.3 Å². The molecule has 2 heterocycles. The predicted molar refractivity (Wildman–Crippen MR) is 103 cm³/mol. The maximum atomic E-state index is 13.2. The lowest BCUT2D eigenvalue weighted by Gasteiger charge is -2.36. The molecule has 0 aliphatic carbocycles. The van der Waals surface area contributed by atoms with Gasteiger partial charge < -0.3 is 10.0 Å². The van der Waals surface area contributed by atoms with Crippen molar-refractivity contribution >= 4 is 39.9 Å². The number of hydrogen-bond donors (Lipinski definition) is 1. The molecular formula is C17H16ClF3N2OS2. The maximum absolute atomic E-state index is 13.2. The highest BCUT2D eigenvalue weighted by molar-refractivity contribution is 8.23. The quantitative estimate of drug-likeness (QED) is 0.547.